The molecule has 3 N–H and O–H groups in total. The fourth-order valence-electron chi connectivity index (χ4n) is 2.77. The van der Waals surface area contributed by atoms with Gasteiger partial charge in [-0.15, -0.1) is 5.10 Å². The standard InChI is InChI=1S/C13H11NO2.C8H10N4O.2C5H5.Ti/c15-12-9-5-4-8-11(12)13(16)14-10-6-2-1-3-7-10;1-6(11-12-8(9)13)7-4-2-3-5-10-7;2*1-2-4-5-3-1;/h1-9,15H,(H,14,16);2-5H,1H3,(H3,9,12,13);2*1-5H;/q;;;;+4/p-2/b;11-6+;;;. The minimum absolute atomic E-state index is 0. The monoisotopic (exact) mass is 567 g/mol. The van der Waals surface area contributed by atoms with Crippen LogP contribution in [0.25, 0.3) is 0 Å². The van der Waals surface area contributed by atoms with Crippen molar-refractivity contribution in [2.45, 2.75) is 6.92 Å². The van der Waals surface area contributed by atoms with Crippen LogP contribution in [0.4, 0.5) is 5.69 Å². The molecule has 3 aromatic rings. The van der Waals surface area contributed by atoms with Crippen molar-refractivity contribution in [3.63, 3.8) is 0 Å². The Morgan fingerprint density at radius 2 is 1.25 bits per heavy atom. The molecule has 8 nitrogen and oxygen atoms in total. The molecular formula is C31H29N5O3Ti+2. The molecule has 0 bridgehead atoms. The number of nitrogens with two attached hydrogens (primary N) is 1. The topological polar surface area (TPSA) is 139 Å². The van der Waals surface area contributed by atoms with Crippen molar-refractivity contribution < 1.29 is 36.7 Å². The van der Waals surface area contributed by atoms with E-state index < -0.39 is 6.02 Å². The molecule has 0 saturated heterocycles. The van der Waals surface area contributed by atoms with Crippen LogP contribution in [0.5, 0.6) is 5.75 Å². The number of rotatable bonds is 4. The summed E-state index contributed by atoms with van der Waals surface area (Å²) in [4.78, 5) is 15.7. The van der Waals surface area contributed by atoms with E-state index in [9.17, 15) is 15.0 Å². The second-order valence-corrected chi connectivity index (χ2v) is 7.58. The van der Waals surface area contributed by atoms with E-state index in [1.807, 2.05) is 88.5 Å². The molecule has 0 aliphatic heterocycles. The van der Waals surface area contributed by atoms with Crippen molar-refractivity contribution in [2.75, 3.05) is 5.32 Å². The Morgan fingerprint density at radius 1 is 0.750 bits per heavy atom. The second kappa shape index (κ2) is 21.4. The molecule has 0 spiro atoms. The van der Waals surface area contributed by atoms with Gasteiger partial charge >= 0.3 is 21.7 Å². The first-order chi connectivity index (χ1) is 19.0. The van der Waals surface area contributed by atoms with Crippen LogP contribution >= 0.6 is 0 Å². The number of carbonyl (C=O) groups excluding carboxylic acids is 1. The number of benzene rings is 2. The van der Waals surface area contributed by atoms with Crippen LogP contribution in [0, 0.1) is 64.2 Å². The number of amidine groups is 1. The number of pyridine rings is 1. The maximum atomic E-state index is 11.7. The zero-order valence-corrected chi connectivity index (χ0v) is 23.5. The third kappa shape index (κ3) is 15.2. The molecule has 10 radical (unpaired) electrons. The predicted octanol–water partition coefficient (Wildman–Crippen LogP) is 3.53. The van der Waals surface area contributed by atoms with E-state index in [1.165, 1.54) is 12.1 Å². The molecule has 1 heterocycles. The van der Waals surface area contributed by atoms with Crippen LogP contribution in [0.15, 0.2) is 89.2 Å². The predicted molar refractivity (Wildman–Crippen MR) is 151 cm³/mol. The zero-order valence-electron chi connectivity index (χ0n) is 21.9. The third-order valence-electron chi connectivity index (χ3n) is 4.61. The molecule has 1 aromatic heterocycles. The molecule has 40 heavy (non-hydrogen) atoms. The number of nitrogens with zero attached hydrogens (tertiary/aromatic N) is 3. The SMILES string of the molecule is C/C(=N\N=C(\N)[O-])c1ccccn1.O=C(Nc1ccccc1)c1ccccc1[O-].[CH]1[CH][CH][CH][CH]1.[CH]1[CH][CH][CH][CH]1.[Ti+4]. The van der Waals surface area contributed by atoms with Crippen LogP contribution in [0.3, 0.4) is 0 Å². The first-order valence-electron chi connectivity index (χ1n) is 11.9. The molecule has 1 amide bonds. The minimum atomic E-state index is -0.810. The van der Waals surface area contributed by atoms with Gasteiger partial charge in [0.2, 0.25) is 0 Å². The Hall–Kier alpha value is -3.49. The maximum Gasteiger partial charge on any atom is 4.00 e. The van der Waals surface area contributed by atoms with Gasteiger partial charge in [-0.25, -0.2) is 0 Å². The molecule has 2 fully saturated rings. The normalized spacial score (nSPS) is 14.1. The number of aromatic nitrogens is 1. The molecule has 2 aromatic carbocycles. The number of carbonyl (C=O) groups is 1. The van der Waals surface area contributed by atoms with Gasteiger partial charge in [0.05, 0.1) is 17.4 Å². The Labute approximate surface area is 252 Å². The summed E-state index contributed by atoms with van der Waals surface area (Å²) in [7, 11) is 0. The first kappa shape index (κ1) is 34.5. The molecule has 2 aliphatic carbocycles. The number of nitrogens with one attached hydrogen (secondary N) is 1. The molecule has 198 valence electrons. The van der Waals surface area contributed by atoms with Crippen molar-refractivity contribution in [1.82, 2.24) is 4.98 Å². The van der Waals surface area contributed by atoms with Gasteiger partial charge in [0.1, 0.15) is 0 Å². The summed E-state index contributed by atoms with van der Waals surface area (Å²) in [5.41, 5.74) is 6.85. The third-order valence-corrected chi connectivity index (χ3v) is 4.61. The van der Waals surface area contributed by atoms with E-state index in [1.54, 1.807) is 49.5 Å². The summed E-state index contributed by atoms with van der Waals surface area (Å²) >= 11 is 0. The Balaban J connectivity index is 0.000000295. The van der Waals surface area contributed by atoms with E-state index in [4.69, 9.17) is 5.73 Å². The van der Waals surface area contributed by atoms with Crippen LogP contribution in [0.2, 0.25) is 0 Å². The van der Waals surface area contributed by atoms with Gasteiger partial charge in [0, 0.05) is 17.4 Å². The van der Waals surface area contributed by atoms with E-state index in [2.05, 4.69) is 20.5 Å². The summed E-state index contributed by atoms with van der Waals surface area (Å²) in [6, 6.07) is 19.8. The van der Waals surface area contributed by atoms with Gasteiger partial charge in [-0.2, -0.15) is 5.10 Å². The molecule has 0 unspecified atom stereocenters. The van der Waals surface area contributed by atoms with Crippen molar-refractivity contribution in [2.24, 2.45) is 15.9 Å². The average Bonchev–Trinajstić information content (AvgIpc) is 3.73. The summed E-state index contributed by atoms with van der Waals surface area (Å²) < 4.78 is 0. The van der Waals surface area contributed by atoms with Gasteiger partial charge in [-0.1, -0.05) is 54.3 Å². The van der Waals surface area contributed by atoms with Gasteiger partial charge < -0.3 is 21.3 Å². The van der Waals surface area contributed by atoms with Crippen molar-refractivity contribution in [1.29, 1.82) is 0 Å². The Kier molecular flexibility index (Phi) is 18.4. The number of hydrogen-bond acceptors (Lipinski definition) is 6. The van der Waals surface area contributed by atoms with Crippen LogP contribution in [0.1, 0.15) is 23.0 Å². The fraction of sp³-hybridized carbons (Fsp3) is 0.0323. The quantitative estimate of drug-likeness (QED) is 0.215. The second-order valence-electron chi connectivity index (χ2n) is 7.58. The Morgan fingerprint density at radius 3 is 1.73 bits per heavy atom. The smallest absolute Gasteiger partial charge is 0.872 e. The number of anilines is 1. The fourth-order valence-corrected chi connectivity index (χ4v) is 2.77. The summed E-state index contributed by atoms with van der Waals surface area (Å²) in [6.07, 6.45) is 21.6. The largest absolute Gasteiger partial charge is 4.00 e. The van der Waals surface area contributed by atoms with E-state index in [0.29, 0.717) is 17.1 Å². The van der Waals surface area contributed by atoms with E-state index >= 15 is 0 Å². The molecule has 2 aliphatic rings. The summed E-state index contributed by atoms with van der Waals surface area (Å²) in [5, 5.41) is 31.1. The minimum Gasteiger partial charge on any atom is -0.872 e. The van der Waals surface area contributed by atoms with Gasteiger partial charge in [-0.3, -0.25) is 9.78 Å². The van der Waals surface area contributed by atoms with Crippen molar-refractivity contribution >= 4 is 23.3 Å². The average molecular weight is 567 g/mol. The van der Waals surface area contributed by atoms with Gasteiger partial charge in [-0.05, 0) is 95.4 Å². The van der Waals surface area contributed by atoms with Gasteiger partial charge in [0.15, 0.2) is 0 Å². The Bertz CT molecular complexity index is 1120. The number of amides is 1. The van der Waals surface area contributed by atoms with Crippen LogP contribution < -0.4 is 21.3 Å². The molecule has 2 saturated carbocycles. The van der Waals surface area contributed by atoms with Gasteiger partial charge in [0.25, 0.3) is 5.91 Å². The van der Waals surface area contributed by atoms with Crippen LogP contribution in [-0.4, -0.2) is 22.6 Å². The molecule has 0 atom stereocenters. The molecule has 5 rings (SSSR count). The van der Waals surface area contributed by atoms with Crippen molar-refractivity contribution in [3.8, 4) is 5.75 Å². The van der Waals surface area contributed by atoms with Crippen molar-refractivity contribution in [3.05, 3.63) is 154 Å². The molecule has 9 heteroatoms. The number of hydrogen-bond donors (Lipinski definition) is 2. The summed E-state index contributed by atoms with van der Waals surface area (Å²) in [5.74, 6) is -0.646. The first-order valence-corrected chi connectivity index (χ1v) is 11.9. The summed E-state index contributed by atoms with van der Waals surface area (Å²) in [6.45, 7) is 1.70. The van der Waals surface area contributed by atoms with Crippen LogP contribution in [-0.2, 0) is 21.7 Å². The molecular weight excluding hydrogens is 538 g/mol. The maximum absolute atomic E-state index is 11.7. The van der Waals surface area contributed by atoms with E-state index in [0.717, 1.165) is 0 Å². The van der Waals surface area contributed by atoms with E-state index in [-0.39, 0.29) is 38.9 Å². The zero-order chi connectivity index (χ0) is 28.1. The number of para-hydroxylation sites is 2.